The normalized spacial score (nSPS) is 19.3. The first-order valence-corrected chi connectivity index (χ1v) is 7.54. The van der Waals surface area contributed by atoms with Crippen molar-refractivity contribution in [2.75, 3.05) is 6.54 Å². The third kappa shape index (κ3) is 3.04. The smallest absolute Gasteiger partial charge is 0.326 e. The number of hydrogen-bond donors (Lipinski definition) is 1. The lowest BCUT2D eigenvalue weighted by Crippen LogP contribution is -2.44. The summed E-state index contributed by atoms with van der Waals surface area (Å²) in [7, 11) is 0. The fraction of sp³-hybridized carbons (Fsp3) is 0.438. The van der Waals surface area contributed by atoms with Gasteiger partial charge in [-0.15, -0.1) is 0 Å². The van der Waals surface area contributed by atoms with Gasteiger partial charge in [-0.05, 0) is 30.5 Å². The molecule has 0 aromatic heterocycles. The van der Waals surface area contributed by atoms with Crippen LogP contribution in [0.2, 0.25) is 0 Å². The molecule has 1 aromatic rings. The summed E-state index contributed by atoms with van der Waals surface area (Å²) in [6.07, 6.45) is 2.99. The second-order valence-corrected chi connectivity index (χ2v) is 5.90. The molecule has 3 amide bonds. The Bertz CT molecular complexity index is 638. The number of nitrogens with one attached hydrogen (secondary N) is 1. The number of nitrogens with zero attached hydrogens (tertiary/aromatic N) is 1. The predicted molar refractivity (Wildman–Crippen MR) is 77.6 cm³/mol. The fourth-order valence-corrected chi connectivity index (χ4v) is 3.06. The molecule has 1 aliphatic carbocycles. The number of carbonyl (C=O) groups excluding carboxylic acids is 3. The molecule has 1 saturated carbocycles. The van der Waals surface area contributed by atoms with Crippen LogP contribution in [0.25, 0.3) is 0 Å². The minimum atomic E-state index is -0.825. The molecule has 0 radical (unpaired) electrons. The van der Waals surface area contributed by atoms with Crippen molar-refractivity contribution in [2.45, 2.75) is 37.8 Å². The lowest BCUT2D eigenvalue weighted by Gasteiger charge is -2.19. The van der Waals surface area contributed by atoms with E-state index in [1.165, 1.54) is 24.3 Å². The number of imide groups is 1. The number of hydrogen-bond acceptors (Lipinski definition) is 4. The van der Waals surface area contributed by atoms with Crippen molar-refractivity contribution in [1.29, 1.82) is 0 Å². The van der Waals surface area contributed by atoms with Gasteiger partial charge in [-0.2, -0.15) is 0 Å². The maximum Gasteiger partial charge on any atom is 0.326 e. The van der Waals surface area contributed by atoms with Crippen LogP contribution in [-0.4, -0.2) is 34.9 Å². The van der Waals surface area contributed by atoms with Gasteiger partial charge in [0.25, 0.3) is 5.91 Å². The predicted octanol–water partition coefficient (Wildman–Crippen LogP) is 1.73. The van der Waals surface area contributed by atoms with Crippen LogP contribution < -0.4 is 5.32 Å². The Morgan fingerprint density at radius 2 is 1.87 bits per heavy atom. The number of benzene rings is 1. The molecule has 0 bridgehead atoms. The minimum Gasteiger partial charge on any atom is -0.459 e. The van der Waals surface area contributed by atoms with Crippen LogP contribution in [0, 0.1) is 5.82 Å². The third-order valence-electron chi connectivity index (χ3n) is 4.30. The van der Waals surface area contributed by atoms with Gasteiger partial charge in [-0.25, -0.2) is 9.18 Å². The average molecular weight is 320 g/mol. The van der Waals surface area contributed by atoms with Crippen molar-refractivity contribution in [3.05, 3.63) is 35.6 Å². The van der Waals surface area contributed by atoms with Crippen molar-refractivity contribution >= 4 is 17.9 Å². The van der Waals surface area contributed by atoms with E-state index in [1.54, 1.807) is 0 Å². The van der Waals surface area contributed by atoms with Gasteiger partial charge in [-0.3, -0.25) is 14.5 Å². The zero-order valence-corrected chi connectivity index (χ0v) is 12.5. The van der Waals surface area contributed by atoms with Crippen LogP contribution in [0.5, 0.6) is 0 Å². The summed E-state index contributed by atoms with van der Waals surface area (Å²) in [5.74, 6) is -1.40. The van der Waals surface area contributed by atoms with Crippen LogP contribution in [0.3, 0.4) is 0 Å². The number of esters is 1. The first-order valence-electron chi connectivity index (χ1n) is 7.54. The van der Waals surface area contributed by atoms with E-state index in [1.807, 2.05) is 0 Å². The van der Waals surface area contributed by atoms with Gasteiger partial charge in [-0.1, -0.05) is 25.0 Å². The summed E-state index contributed by atoms with van der Waals surface area (Å²) in [5.41, 5.74) is -0.196. The average Bonchev–Trinajstić information content (AvgIpc) is 3.08. The maximum atomic E-state index is 12.8. The van der Waals surface area contributed by atoms with Crippen LogP contribution in [-0.2, 0) is 20.9 Å². The molecule has 0 unspecified atom stereocenters. The lowest BCUT2D eigenvalue weighted by molar-refractivity contribution is -0.148. The highest BCUT2D eigenvalue weighted by atomic mass is 19.1. The standard InChI is InChI=1S/C16H17FN2O4/c17-12-5-3-11(4-6-12)10-23-13(20)9-19-14(21)16(18-15(19)22)7-1-2-8-16/h3-6H,1-2,7-10H2,(H,18,22). The zero-order chi connectivity index (χ0) is 16.4. The van der Waals surface area contributed by atoms with E-state index >= 15 is 0 Å². The van der Waals surface area contributed by atoms with E-state index in [0.717, 1.165) is 17.7 Å². The molecule has 0 atom stereocenters. The van der Waals surface area contributed by atoms with Crippen molar-refractivity contribution in [3.8, 4) is 0 Å². The molecule has 1 N–H and O–H groups in total. The summed E-state index contributed by atoms with van der Waals surface area (Å²) in [5, 5.41) is 2.70. The van der Waals surface area contributed by atoms with Crippen LogP contribution in [0.1, 0.15) is 31.2 Å². The quantitative estimate of drug-likeness (QED) is 0.677. The molecule has 122 valence electrons. The number of amides is 3. The molecule has 7 heteroatoms. The largest absolute Gasteiger partial charge is 0.459 e. The Balaban J connectivity index is 1.56. The van der Waals surface area contributed by atoms with Crippen LogP contribution in [0.15, 0.2) is 24.3 Å². The Morgan fingerprint density at radius 3 is 2.52 bits per heavy atom. The van der Waals surface area contributed by atoms with Gasteiger partial charge < -0.3 is 10.1 Å². The topological polar surface area (TPSA) is 75.7 Å². The first-order chi connectivity index (χ1) is 11.0. The zero-order valence-electron chi connectivity index (χ0n) is 12.5. The number of carbonyl (C=O) groups is 3. The number of halogens is 1. The summed E-state index contributed by atoms with van der Waals surface area (Å²) in [6, 6.07) is 5.00. The van der Waals surface area contributed by atoms with E-state index in [4.69, 9.17) is 4.74 Å². The summed E-state index contributed by atoms with van der Waals surface area (Å²) < 4.78 is 17.8. The number of rotatable bonds is 4. The highest BCUT2D eigenvalue weighted by Gasteiger charge is 2.52. The highest BCUT2D eigenvalue weighted by Crippen LogP contribution is 2.34. The molecule has 2 aliphatic rings. The third-order valence-corrected chi connectivity index (χ3v) is 4.30. The number of ether oxygens (including phenoxy) is 1. The van der Waals surface area contributed by atoms with E-state index in [0.29, 0.717) is 18.4 Å². The summed E-state index contributed by atoms with van der Waals surface area (Å²) >= 11 is 0. The molecule has 1 heterocycles. The lowest BCUT2D eigenvalue weighted by atomic mass is 9.98. The highest BCUT2D eigenvalue weighted by molar-refractivity contribution is 6.08. The van der Waals surface area contributed by atoms with E-state index in [9.17, 15) is 18.8 Å². The molecular weight excluding hydrogens is 303 g/mol. The van der Waals surface area contributed by atoms with Crippen molar-refractivity contribution in [2.24, 2.45) is 0 Å². The number of urea groups is 1. The molecule has 2 fully saturated rings. The second kappa shape index (κ2) is 5.98. The second-order valence-electron chi connectivity index (χ2n) is 5.90. The van der Waals surface area contributed by atoms with E-state index in [-0.39, 0.29) is 18.3 Å². The van der Waals surface area contributed by atoms with E-state index in [2.05, 4.69) is 5.32 Å². The maximum absolute atomic E-state index is 12.8. The van der Waals surface area contributed by atoms with Gasteiger partial charge in [0.1, 0.15) is 24.5 Å². The van der Waals surface area contributed by atoms with Gasteiger partial charge in [0, 0.05) is 0 Å². The van der Waals surface area contributed by atoms with E-state index < -0.39 is 24.1 Å². The van der Waals surface area contributed by atoms with Crippen molar-refractivity contribution in [1.82, 2.24) is 10.2 Å². The minimum absolute atomic E-state index is 0.0338. The van der Waals surface area contributed by atoms with Crippen LogP contribution >= 0.6 is 0 Å². The molecule has 6 nitrogen and oxygen atoms in total. The Morgan fingerprint density at radius 1 is 1.22 bits per heavy atom. The molecular formula is C16H17FN2O4. The summed E-state index contributed by atoms with van der Waals surface area (Å²) in [6.45, 7) is -0.443. The summed E-state index contributed by atoms with van der Waals surface area (Å²) in [4.78, 5) is 37.1. The van der Waals surface area contributed by atoms with Gasteiger partial charge in [0.15, 0.2) is 0 Å². The van der Waals surface area contributed by atoms with Gasteiger partial charge in [0.05, 0.1) is 0 Å². The molecule has 23 heavy (non-hydrogen) atoms. The SMILES string of the molecule is O=C(CN1C(=O)NC2(CCCC2)C1=O)OCc1ccc(F)cc1. The monoisotopic (exact) mass is 320 g/mol. The fourth-order valence-electron chi connectivity index (χ4n) is 3.06. The van der Waals surface area contributed by atoms with Gasteiger partial charge in [0.2, 0.25) is 0 Å². The Hall–Kier alpha value is -2.44. The Labute approximate surface area is 132 Å². The van der Waals surface area contributed by atoms with Crippen molar-refractivity contribution in [3.63, 3.8) is 0 Å². The van der Waals surface area contributed by atoms with Crippen LogP contribution in [0.4, 0.5) is 9.18 Å². The first kappa shape index (κ1) is 15.5. The molecule has 1 aliphatic heterocycles. The van der Waals surface area contributed by atoms with Crippen molar-refractivity contribution < 1.29 is 23.5 Å². The molecule has 1 aromatic carbocycles. The molecule has 1 spiro atoms. The Kier molecular flexibility index (Phi) is 4.02. The molecule has 1 saturated heterocycles. The van der Waals surface area contributed by atoms with Gasteiger partial charge >= 0.3 is 12.0 Å². The molecule has 3 rings (SSSR count).